The topological polar surface area (TPSA) is 85.2 Å². The monoisotopic (exact) mass is 368 g/mol. The fraction of sp³-hybridized carbons (Fsp3) is 0.211. The molecule has 0 fully saturated rings. The van der Waals surface area contributed by atoms with Crippen LogP contribution in [0.15, 0.2) is 39.5 Å². The van der Waals surface area contributed by atoms with Gasteiger partial charge in [-0.05, 0) is 38.5 Å². The lowest BCUT2D eigenvalue weighted by atomic mass is 10.2. The number of aryl methyl sites for hydroxylation is 2. The van der Waals surface area contributed by atoms with Crippen LogP contribution in [0.3, 0.4) is 0 Å². The van der Waals surface area contributed by atoms with Crippen LogP contribution in [0, 0.1) is 13.8 Å². The van der Waals surface area contributed by atoms with Crippen molar-refractivity contribution in [1.82, 2.24) is 9.97 Å². The van der Waals surface area contributed by atoms with Crippen molar-refractivity contribution in [1.29, 1.82) is 0 Å². The summed E-state index contributed by atoms with van der Waals surface area (Å²) < 4.78 is 10.9. The van der Waals surface area contributed by atoms with Crippen molar-refractivity contribution >= 4 is 38.5 Å². The third kappa shape index (κ3) is 2.70. The number of carbonyl (C=O) groups is 1. The van der Waals surface area contributed by atoms with Crippen molar-refractivity contribution in [2.75, 3.05) is 0 Å². The Bertz CT molecular complexity index is 1170. The lowest BCUT2D eigenvalue weighted by Gasteiger charge is -2.11. The molecule has 4 aromatic rings. The summed E-state index contributed by atoms with van der Waals surface area (Å²) in [5, 5.41) is 1.41. The average molecular weight is 368 g/mol. The van der Waals surface area contributed by atoms with Crippen LogP contribution in [0.25, 0.3) is 21.2 Å². The zero-order valence-corrected chi connectivity index (χ0v) is 15.3. The van der Waals surface area contributed by atoms with Gasteiger partial charge < -0.3 is 14.1 Å². The summed E-state index contributed by atoms with van der Waals surface area (Å²) >= 11 is 1.45. The number of aromatic amines is 1. The molecule has 0 aliphatic carbocycles. The predicted molar refractivity (Wildman–Crippen MR) is 99.8 cm³/mol. The van der Waals surface area contributed by atoms with Gasteiger partial charge in [0.2, 0.25) is 5.76 Å². The summed E-state index contributed by atoms with van der Waals surface area (Å²) in [4.78, 5) is 33.6. The molecular weight excluding hydrogens is 352 g/mol. The van der Waals surface area contributed by atoms with Crippen LogP contribution in [0.5, 0.6) is 0 Å². The van der Waals surface area contributed by atoms with Gasteiger partial charge in [0.25, 0.3) is 5.56 Å². The number of hydrogen-bond donors (Lipinski definition) is 1. The van der Waals surface area contributed by atoms with E-state index < -0.39 is 12.1 Å². The average Bonchev–Trinajstić information content (AvgIpc) is 3.16. The van der Waals surface area contributed by atoms with E-state index in [1.807, 2.05) is 32.0 Å². The molecule has 0 saturated heterocycles. The molecule has 0 aliphatic rings. The van der Waals surface area contributed by atoms with E-state index in [1.54, 1.807) is 19.1 Å². The molecule has 1 N–H and O–H groups in total. The lowest BCUT2D eigenvalue weighted by Crippen LogP contribution is -2.17. The van der Waals surface area contributed by atoms with E-state index in [9.17, 15) is 9.59 Å². The van der Waals surface area contributed by atoms with Gasteiger partial charge in [-0.1, -0.05) is 18.2 Å². The smallest absolute Gasteiger partial charge is 0.374 e. The summed E-state index contributed by atoms with van der Waals surface area (Å²) in [6, 6.07) is 8.97. The number of hydrogen-bond acceptors (Lipinski definition) is 6. The number of rotatable bonds is 3. The molecule has 132 valence electrons. The molecule has 7 heteroatoms. The fourth-order valence-corrected chi connectivity index (χ4v) is 3.86. The molecule has 6 nitrogen and oxygen atoms in total. The third-order valence-electron chi connectivity index (χ3n) is 4.35. The number of carbonyl (C=O) groups excluding carboxylic acids is 1. The van der Waals surface area contributed by atoms with Gasteiger partial charge in [0.15, 0.2) is 11.9 Å². The summed E-state index contributed by atoms with van der Waals surface area (Å²) in [7, 11) is 0. The van der Waals surface area contributed by atoms with Crippen molar-refractivity contribution < 1.29 is 13.9 Å². The molecule has 0 aliphatic heterocycles. The number of ether oxygens (including phenoxy) is 1. The number of fused-ring (bicyclic) bond motifs is 2. The highest BCUT2D eigenvalue weighted by Gasteiger charge is 2.21. The Labute approximate surface area is 152 Å². The van der Waals surface area contributed by atoms with Crippen molar-refractivity contribution in [2.45, 2.75) is 26.9 Å². The van der Waals surface area contributed by atoms with E-state index >= 15 is 0 Å². The first kappa shape index (κ1) is 16.5. The van der Waals surface area contributed by atoms with Gasteiger partial charge in [-0.15, -0.1) is 11.3 Å². The first-order chi connectivity index (χ1) is 12.4. The number of nitrogens with zero attached hydrogens (tertiary/aromatic N) is 1. The molecule has 1 aromatic carbocycles. The minimum Gasteiger partial charge on any atom is -0.449 e. The first-order valence-electron chi connectivity index (χ1n) is 8.13. The minimum atomic E-state index is -0.712. The van der Waals surface area contributed by atoms with E-state index in [4.69, 9.17) is 9.15 Å². The standard InChI is InChI=1S/C19H16N2O4S/c1-9-11(3)26-18-15(9)17(22)20-16(21-18)10(2)24-19(23)14-8-12-6-4-5-7-13(12)25-14/h4-8,10H,1-3H3,(H,20,21,22)/t10-/m1/s1. The quantitative estimate of drug-likeness (QED) is 0.546. The second-order valence-corrected chi connectivity index (χ2v) is 7.31. The molecule has 0 radical (unpaired) electrons. The van der Waals surface area contributed by atoms with Crippen molar-refractivity contribution in [3.63, 3.8) is 0 Å². The van der Waals surface area contributed by atoms with Gasteiger partial charge in [-0.25, -0.2) is 9.78 Å². The van der Waals surface area contributed by atoms with Crippen molar-refractivity contribution in [2.24, 2.45) is 0 Å². The normalized spacial score (nSPS) is 12.6. The molecule has 0 amide bonds. The molecule has 0 saturated carbocycles. The maximum Gasteiger partial charge on any atom is 0.374 e. The highest BCUT2D eigenvalue weighted by atomic mass is 32.1. The molecular formula is C19H16N2O4S. The number of aromatic nitrogens is 2. The minimum absolute atomic E-state index is 0.115. The molecule has 0 spiro atoms. The molecule has 26 heavy (non-hydrogen) atoms. The predicted octanol–water partition coefficient (Wildman–Crippen LogP) is 4.27. The van der Waals surface area contributed by atoms with E-state index in [1.165, 1.54) is 11.3 Å². The van der Waals surface area contributed by atoms with Crippen LogP contribution in [-0.4, -0.2) is 15.9 Å². The Balaban J connectivity index is 1.63. The largest absolute Gasteiger partial charge is 0.449 e. The summed E-state index contributed by atoms with van der Waals surface area (Å²) in [6.45, 7) is 5.51. The highest BCUT2D eigenvalue weighted by Crippen LogP contribution is 2.27. The van der Waals surface area contributed by atoms with Gasteiger partial charge >= 0.3 is 5.97 Å². The molecule has 3 aromatic heterocycles. The summed E-state index contributed by atoms with van der Waals surface area (Å²) in [5.74, 6) is -0.174. The third-order valence-corrected chi connectivity index (χ3v) is 5.45. The van der Waals surface area contributed by atoms with Crippen LogP contribution in [0.2, 0.25) is 0 Å². The maximum absolute atomic E-state index is 12.4. The molecule has 3 heterocycles. The van der Waals surface area contributed by atoms with Crippen LogP contribution >= 0.6 is 11.3 Å². The van der Waals surface area contributed by atoms with Gasteiger partial charge in [0.1, 0.15) is 10.4 Å². The van der Waals surface area contributed by atoms with Gasteiger partial charge in [0, 0.05) is 10.3 Å². The van der Waals surface area contributed by atoms with Crippen molar-refractivity contribution in [3.05, 3.63) is 62.7 Å². The Morgan fingerprint density at radius 2 is 2.08 bits per heavy atom. The zero-order chi connectivity index (χ0) is 18.4. The van der Waals surface area contributed by atoms with Gasteiger partial charge in [-0.3, -0.25) is 4.79 Å². The van der Waals surface area contributed by atoms with Crippen LogP contribution in [-0.2, 0) is 4.74 Å². The van der Waals surface area contributed by atoms with Gasteiger partial charge in [0.05, 0.1) is 5.39 Å². The van der Waals surface area contributed by atoms with Crippen molar-refractivity contribution in [3.8, 4) is 0 Å². The summed E-state index contributed by atoms with van der Waals surface area (Å²) in [5.41, 5.74) is 1.32. The lowest BCUT2D eigenvalue weighted by molar-refractivity contribution is 0.0286. The van der Waals surface area contributed by atoms with E-state index in [2.05, 4.69) is 9.97 Å². The molecule has 0 bridgehead atoms. The molecule has 0 unspecified atom stereocenters. The first-order valence-corrected chi connectivity index (χ1v) is 8.95. The van der Waals surface area contributed by atoms with Crippen LogP contribution in [0.4, 0.5) is 0 Å². The summed E-state index contributed by atoms with van der Waals surface area (Å²) in [6.07, 6.45) is -0.712. The number of benzene rings is 1. The van der Waals surface area contributed by atoms with Crippen LogP contribution in [0.1, 0.15) is 39.8 Å². The van der Waals surface area contributed by atoms with E-state index in [0.29, 0.717) is 21.6 Å². The number of furan rings is 1. The highest BCUT2D eigenvalue weighted by molar-refractivity contribution is 7.18. The van der Waals surface area contributed by atoms with E-state index in [-0.39, 0.29) is 11.3 Å². The maximum atomic E-state index is 12.4. The SMILES string of the molecule is Cc1sc2nc([C@@H](C)OC(=O)c3cc4ccccc4o3)[nH]c(=O)c2c1C. The fourth-order valence-electron chi connectivity index (χ4n) is 2.82. The Hall–Kier alpha value is -2.93. The number of nitrogens with one attached hydrogen (secondary N) is 1. The second kappa shape index (κ2) is 6.10. The van der Waals surface area contributed by atoms with Crippen LogP contribution < -0.4 is 5.56 Å². The number of H-pyrrole nitrogens is 1. The molecule has 1 atom stereocenters. The second-order valence-electron chi connectivity index (χ2n) is 6.11. The zero-order valence-electron chi connectivity index (χ0n) is 14.5. The number of esters is 1. The number of thiophene rings is 1. The Morgan fingerprint density at radius 3 is 2.85 bits per heavy atom. The Kier molecular flexibility index (Phi) is 3.88. The molecule has 4 rings (SSSR count). The number of para-hydroxylation sites is 1. The van der Waals surface area contributed by atoms with Gasteiger partial charge in [-0.2, -0.15) is 0 Å². The van der Waals surface area contributed by atoms with E-state index in [0.717, 1.165) is 15.8 Å². The Morgan fingerprint density at radius 1 is 1.31 bits per heavy atom.